The number of hydrogen-bond acceptors (Lipinski definition) is 6. The largest absolute Gasteiger partial charge is 0.471 e. The Morgan fingerprint density at radius 3 is 1.44 bits per heavy atom. The number of alkyl halides is 9. The highest BCUT2D eigenvalue weighted by molar-refractivity contribution is 5.82. The van der Waals surface area contributed by atoms with Gasteiger partial charge in [0.05, 0.1) is 6.54 Å². The standard InChI is InChI=1S/C21H31F9N4O5/c1-14(35)39-18(2,3)13-34(17(38)21(28,29)30)12-6-11-33(9-4-7-31-15(36)19(22,23)24)10-5-8-32-16(37)20(25,26)27/h4-13H2,1-3H3,(H,31,36)(H,32,37). The van der Waals surface area contributed by atoms with Gasteiger partial charge in [-0.25, -0.2) is 0 Å². The molecule has 0 unspecified atom stereocenters. The lowest BCUT2D eigenvalue weighted by Crippen LogP contribution is -2.49. The number of nitrogens with zero attached hydrogens (tertiary/aromatic N) is 2. The Bertz CT molecular complexity index is 796. The van der Waals surface area contributed by atoms with Gasteiger partial charge in [0, 0.05) is 26.6 Å². The molecule has 228 valence electrons. The number of carbonyl (C=O) groups is 4. The third kappa shape index (κ3) is 16.0. The molecule has 0 spiro atoms. The Morgan fingerprint density at radius 2 is 1.08 bits per heavy atom. The molecule has 0 saturated carbocycles. The molecule has 0 rings (SSSR count). The third-order valence-electron chi connectivity index (χ3n) is 4.81. The maximum absolute atomic E-state index is 13.1. The molecule has 9 nitrogen and oxygen atoms in total. The zero-order valence-electron chi connectivity index (χ0n) is 21.4. The average molecular weight is 590 g/mol. The molecule has 0 aromatic heterocycles. The number of amides is 3. The van der Waals surface area contributed by atoms with Gasteiger partial charge in [0.1, 0.15) is 5.60 Å². The molecule has 3 amide bonds. The van der Waals surface area contributed by atoms with Crippen LogP contribution in [0.2, 0.25) is 0 Å². The molecule has 0 aliphatic heterocycles. The van der Waals surface area contributed by atoms with Crippen molar-refractivity contribution in [2.75, 3.05) is 45.8 Å². The van der Waals surface area contributed by atoms with Crippen LogP contribution in [0.4, 0.5) is 39.5 Å². The summed E-state index contributed by atoms with van der Waals surface area (Å²) in [4.78, 5) is 46.8. The van der Waals surface area contributed by atoms with E-state index in [1.807, 2.05) is 0 Å². The summed E-state index contributed by atoms with van der Waals surface area (Å²) in [5, 5.41) is 3.26. The molecule has 0 aliphatic rings. The topological polar surface area (TPSA) is 108 Å². The second-order valence-electron chi connectivity index (χ2n) is 8.99. The molecule has 0 saturated heterocycles. The second kappa shape index (κ2) is 15.1. The fourth-order valence-corrected chi connectivity index (χ4v) is 3.34. The molecule has 0 heterocycles. The highest BCUT2D eigenvalue weighted by atomic mass is 19.4. The van der Waals surface area contributed by atoms with Crippen molar-refractivity contribution in [3.8, 4) is 0 Å². The first-order chi connectivity index (χ1) is 17.6. The summed E-state index contributed by atoms with van der Waals surface area (Å²) in [5.41, 5.74) is -1.47. The van der Waals surface area contributed by atoms with E-state index in [1.165, 1.54) is 18.7 Å². The smallest absolute Gasteiger partial charge is 0.458 e. The Labute approximate surface area is 218 Å². The SMILES string of the molecule is CC(=O)OC(C)(C)CN(CCCN(CCCNC(=O)C(F)(F)F)CCCNC(=O)C(F)(F)F)C(=O)C(F)(F)F. The number of nitrogens with one attached hydrogen (secondary N) is 2. The fourth-order valence-electron chi connectivity index (χ4n) is 3.34. The van der Waals surface area contributed by atoms with E-state index in [1.54, 1.807) is 10.6 Å². The normalized spacial score (nSPS) is 12.7. The average Bonchev–Trinajstić information content (AvgIpc) is 2.74. The minimum absolute atomic E-state index is 0.0164. The number of esters is 1. The summed E-state index contributed by atoms with van der Waals surface area (Å²) >= 11 is 0. The summed E-state index contributed by atoms with van der Waals surface area (Å²) in [6, 6.07) is 0. The Hall–Kier alpha value is -2.79. The van der Waals surface area contributed by atoms with Crippen molar-refractivity contribution < 1.29 is 63.4 Å². The van der Waals surface area contributed by atoms with Crippen LogP contribution < -0.4 is 10.6 Å². The van der Waals surface area contributed by atoms with Gasteiger partial charge in [0.2, 0.25) is 0 Å². The van der Waals surface area contributed by atoms with Crippen molar-refractivity contribution in [3.05, 3.63) is 0 Å². The van der Waals surface area contributed by atoms with Gasteiger partial charge in [0.15, 0.2) is 0 Å². The first kappa shape index (κ1) is 36.2. The van der Waals surface area contributed by atoms with Gasteiger partial charge in [-0.15, -0.1) is 0 Å². The van der Waals surface area contributed by atoms with Gasteiger partial charge in [-0.2, -0.15) is 39.5 Å². The second-order valence-corrected chi connectivity index (χ2v) is 8.99. The molecule has 2 N–H and O–H groups in total. The van der Waals surface area contributed by atoms with Crippen LogP contribution in [0.1, 0.15) is 40.0 Å². The summed E-state index contributed by atoms with van der Waals surface area (Å²) in [5.74, 6) is -7.35. The van der Waals surface area contributed by atoms with E-state index in [-0.39, 0.29) is 38.9 Å². The fraction of sp³-hybridized carbons (Fsp3) is 0.810. The van der Waals surface area contributed by atoms with Gasteiger partial charge in [-0.05, 0) is 52.7 Å². The van der Waals surface area contributed by atoms with E-state index < -0.39 is 74.0 Å². The highest BCUT2D eigenvalue weighted by Crippen LogP contribution is 2.22. The lowest BCUT2D eigenvalue weighted by atomic mass is 10.1. The summed E-state index contributed by atoms with van der Waals surface area (Å²) in [6.07, 6.45) is -15.7. The van der Waals surface area contributed by atoms with Crippen LogP contribution in [0, 0.1) is 0 Å². The van der Waals surface area contributed by atoms with Gasteiger partial charge in [-0.1, -0.05) is 0 Å². The van der Waals surface area contributed by atoms with Crippen LogP contribution in [-0.2, 0) is 23.9 Å². The molecule has 0 aromatic rings. The molecule has 0 radical (unpaired) electrons. The minimum Gasteiger partial charge on any atom is -0.458 e. The van der Waals surface area contributed by atoms with Crippen LogP contribution in [0.25, 0.3) is 0 Å². The van der Waals surface area contributed by atoms with E-state index in [4.69, 9.17) is 4.74 Å². The Morgan fingerprint density at radius 1 is 0.667 bits per heavy atom. The molecule has 0 atom stereocenters. The minimum atomic E-state index is -5.24. The van der Waals surface area contributed by atoms with E-state index in [0.29, 0.717) is 4.90 Å². The maximum Gasteiger partial charge on any atom is 0.471 e. The highest BCUT2D eigenvalue weighted by Gasteiger charge is 2.44. The molecular weight excluding hydrogens is 559 g/mol. The lowest BCUT2D eigenvalue weighted by Gasteiger charge is -2.33. The van der Waals surface area contributed by atoms with Gasteiger partial charge >= 0.3 is 42.2 Å². The van der Waals surface area contributed by atoms with Crippen LogP contribution in [0.3, 0.4) is 0 Å². The molecule has 0 aromatic carbocycles. The van der Waals surface area contributed by atoms with Crippen molar-refractivity contribution in [1.82, 2.24) is 20.4 Å². The van der Waals surface area contributed by atoms with Crippen LogP contribution in [-0.4, -0.2) is 103 Å². The summed E-state index contributed by atoms with van der Waals surface area (Å²) in [6.45, 7) is 1.61. The van der Waals surface area contributed by atoms with E-state index in [2.05, 4.69) is 0 Å². The molecule has 0 bridgehead atoms. The van der Waals surface area contributed by atoms with Crippen molar-refractivity contribution >= 4 is 23.7 Å². The monoisotopic (exact) mass is 590 g/mol. The van der Waals surface area contributed by atoms with Crippen LogP contribution >= 0.6 is 0 Å². The Balaban J connectivity index is 5.21. The molecule has 0 fully saturated rings. The first-order valence-corrected chi connectivity index (χ1v) is 11.5. The molecule has 18 heteroatoms. The molecule has 0 aliphatic carbocycles. The van der Waals surface area contributed by atoms with Gasteiger partial charge < -0.3 is 25.2 Å². The van der Waals surface area contributed by atoms with Crippen LogP contribution in [0.5, 0.6) is 0 Å². The number of halogens is 9. The Kier molecular flexibility index (Phi) is 14.0. The van der Waals surface area contributed by atoms with Crippen molar-refractivity contribution in [2.45, 2.75) is 64.2 Å². The van der Waals surface area contributed by atoms with E-state index in [0.717, 1.165) is 6.92 Å². The lowest BCUT2D eigenvalue weighted by molar-refractivity contribution is -0.189. The number of ether oxygens (including phenoxy) is 1. The number of hydrogen-bond donors (Lipinski definition) is 2. The predicted octanol–water partition coefficient (Wildman–Crippen LogP) is 2.55. The van der Waals surface area contributed by atoms with Crippen molar-refractivity contribution in [1.29, 1.82) is 0 Å². The maximum atomic E-state index is 13.1. The number of carbonyl (C=O) groups excluding carboxylic acids is 4. The van der Waals surface area contributed by atoms with Crippen molar-refractivity contribution in [3.63, 3.8) is 0 Å². The third-order valence-corrected chi connectivity index (χ3v) is 4.81. The molecular formula is C21H31F9N4O5. The summed E-state index contributed by atoms with van der Waals surface area (Å²) in [7, 11) is 0. The van der Waals surface area contributed by atoms with Crippen molar-refractivity contribution in [2.24, 2.45) is 0 Å². The predicted molar refractivity (Wildman–Crippen MR) is 117 cm³/mol. The zero-order valence-corrected chi connectivity index (χ0v) is 21.4. The first-order valence-electron chi connectivity index (χ1n) is 11.5. The van der Waals surface area contributed by atoms with E-state index in [9.17, 15) is 58.7 Å². The van der Waals surface area contributed by atoms with Gasteiger partial charge in [-0.3, -0.25) is 19.2 Å². The van der Waals surface area contributed by atoms with Gasteiger partial charge in [0.25, 0.3) is 0 Å². The zero-order chi connectivity index (χ0) is 30.7. The number of rotatable bonds is 15. The molecule has 39 heavy (non-hydrogen) atoms. The quantitative estimate of drug-likeness (QED) is 0.173. The van der Waals surface area contributed by atoms with Crippen LogP contribution in [0.15, 0.2) is 0 Å². The van der Waals surface area contributed by atoms with E-state index >= 15 is 0 Å². The summed E-state index contributed by atoms with van der Waals surface area (Å²) < 4.78 is 118.